The Balaban J connectivity index is 1.90. The topological polar surface area (TPSA) is 9.23 Å². The van der Waals surface area contributed by atoms with Crippen molar-refractivity contribution in [2.24, 2.45) is 0 Å². The van der Waals surface area contributed by atoms with Crippen molar-refractivity contribution >= 4 is 10.8 Å². The summed E-state index contributed by atoms with van der Waals surface area (Å²) in [5.74, 6) is 0.895. The predicted octanol–water partition coefficient (Wildman–Crippen LogP) is 5.63. The van der Waals surface area contributed by atoms with Crippen molar-refractivity contribution in [1.29, 1.82) is 0 Å². The summed E-state index contributed by atoms with van der Waals surface area (Å²) in [5.41, 5.74) is 3.85. The summed E-state index contributed by atoms with van der Waals surface area (Å²) in [6.45, 7) is 3.77. The van der Waals surface area contributed by atoms with Gasteiger partial charge in [-0.1, -0.05) is 48.5 Å². The van der Waals surface area contributed by atoms with Crippen LogP contribution in [0.5, 0.6) is 5.75 Å². The van der Waals surface area contributed by atoms with Crippen LogP contribution in [0.3, 0.4) is 0 Å². The van der Waals surface area contributed by atoms with E-state index in [2.05, 4.69) is 61.2 Å². The van der Waals surface area contributed by atoms with Crippen molar-refractivity contribution in [2.45, 2.75) is 12.8 Å². The maximum absolute atomic E-state index is 5.28. The first-order chi connectivity index (χ1) is 10.8. The number of hydrogen-bond donors (Lipinski definition) is 0. The third kappa shape index (κ3) is 3.04. The zero-order chi connectivity index (χ0) is 15.4. The number of benzene rings is 3. The van der Waals surface area contributed by atoms with Crippen LogP contribution >= 0.6 is 0 Å². The number of hydrogen-bond acceptors (Lipinski definition) is 1. The van der Waals surface area contributed by atoms with Crippen LogP contribution in [0.15, 0.2) is 73.3 Å². The summed E-state index contributed by atoms with van der Waals surface area (Å²) in [7, 11) is 1.70. The molecule has 0 amide bonds. The minimum atomic E-state index is 0.895. The lowest BCUT2D eigenvalue weighted by Crippen LogP contribution is -1.85. The maximum atomic E-state index is 5.28. The largest absolute Gasteiger partial charge is 0.497 e. The second kappa shape index (κ2) is 6.48. The van der Waals surface area contributed by atoms with E-state index in [1.54, 1.807) is 7.11 Å². The lowest BCUT2D eigenvalue weighted by Gasteiger charge is -2.07. The van der Waals surface area contributed by atoms with E-state index in [1.165, 1.54) is 27.5 Å². The first-order valence-electron chi connectivity index (χ1n) is 7.58. The molecule has 0 spiro atoms. The maximum Gasteiger partial charge on any atom is 0.119 e. The molecule has 0 aliphatic rings. The molecule has 110 valence electrons. The minimum Gasteiger partial charge on any atom is -0.497 e. The summed E-state index contributed by atoms with van der Waals surface area (Å²) in [6, 6.07) is 21.5. The van der Waals surface area contributed by atoms with Gasteiger partial charge < -0.3 is 4.74 Å². The molecule has 3 aromatic rings. The monoisotopic (exact) mass is 288 g/mol. The molecule has 22 heavy (non-hydrogen) atoms. The SMILES string of the molecule is C=CCCc1ccc(-c2ccc3cc(OC)ccc3c2)cc1. The highest BCUT2D eigenvalue weighted by molar-refractivity contribution is 5.88. The minimum absolute atomic E-state index is 0.895. The number of rotatable bonds is 5. The third-order valence-electron chi connectivity index (χ3n) is 3.97. The average Bonchev–Trinajstić information content (AvgIpc) is 2.59. The lowest BCUT2D eigenvalue weighted by atomic mass is 9.99. The fraction of sp³-hybridized carbons (Fsp3) is 0.143. The highest BCUT2D eigenvalue weighted by Crippen LogP contribution is 2.27. The molecule has 0 N–H and O–H groups in total. The Kier molecular flexibility index (Phi) is 4.24. The molecule has 0 radical (unpaired) electrons. The van der Waals surface area contributed by atoms with Crippen molar-refractivity contribution < 1.29 is 4.74 Å². The fourth-order valence-corrected chi connectivity index (χ4v) is 2.66. The fourth-order valence-electron chi connectivity index (χ4n) is 2.66. The van der Waals surface area contributed by atoms with E-state index in [4.69, 9.17) is 4.74 Å². The van der Waals surface area contributed by atoms with E-state index in [1.807, 2.05) is 12.1 Å². The van der Waals surface area contributed by atoms with Gasteiger partial charge in [-0.3, -0.25) is 0 Å². The lowest BCUT2D eigenvalue weighted by molar-refractivity contribution is 0.415. The van der Waals surface area contributed by atoms with E-state index in [0.29, 0.717) is 0 Å². The van der Waals surface area contributed by atoms with Gasteiger partial charge in [-0.05, 0) is 58.5 Å². The number of ether oxygens (including phenoxy) is 1. The molecule has 0 aliphatic heterocycles. The van der Waals surface area contributed by atoms with Crippen molar-refractivity contribution in [3.05, 3.63) is 78.9 Å². The Morgan fingerprint density at radius 3 is 2.27 bits per heavy atom. The van der Waals surface area contributed by atoms with Crippen molar-refractivity contribution in [3.63, 3.8) is 0 Å². The second-order valence-corrected chi connectivity index (χ2v) is 5.45. The number of fused-ring (bicyclic) bond motifs is 1. The van der Waals surface area contributed by atoms with Crippen LogP contribution in [0.25, 0.3) is 21.9 Å². The molecule has 3 rings (SSSR count). The molecular weight excluding hydrogens is 268 g/mol. The van der Waals surface area contributed by atoms with Crippen LogP contribution in [0.2, 0.25) is 0 Å². The highest BCUT2D eigenvalue weighted by Gasteiger charge is 2.02. The number of allylic oxidation sites excluding steroid dienone is 1. The standard InChI is InChI=1S/C21H20O/c1-3-4-5-16-6-8-17(9-7-16)18-10-11-20-15-21(22-2)13-12-19(20)14-18/h3,6-15H,1,4-5H2,2H3. The quantitative estimate of drug-likeness (QED) is 0.552. The predicted molar refractivity (Wildman–Crippen MR) is 94.5 cm³/mol. The molecule has 0 bridgehead atoms. The zero-order valence-electron chi connectivity index (χ0n) is 12.9. The zero-order valence-corrected chi connectivity index (χ0v) is 12.9. The van der Waals surface area contributed by atoms with Crippen LogP contribution in [-0.4, -0.2) is 7.11 Å². The van der Waals surface area contributed by atoms with Gasteiger partial charge in [-0.25, -0.2) is 0 Å². The van der Waals surface area contributed by atoms with E-state index in [0.717, 1.165) is 18.6 Å². The normalized spacial score (nSPS) is 10.6. The van der Waals surface area contributed by atoms with Gasteiger partial charge in [0, 0.05) is 0 Å². The summed E-state index contributed by atoms with van der Waals surface area (Å²) in [4.78, 5) is 0. The number of aryl methyl sites for hydroxylation is 1. The molecule has 0 aliphatic carbocycles. The van der Waals surface area contributed by atoms with Crippen LogP contribution < -0.4 is 4.74 Å². The number of methoxy groups -OCH3 is 1. The van der Waals surface area contributed by atoms with E-state index in [9.17, 15) is 0 Å². The van der Waals surface area contributed by atoms with Crippen molar-refractivity contribution in [1.82, 2.24) is 0 Å². The molecule has 1 nitrogen and oxygen atoms in total. The Hall–Kier alpha value is -2.54. The first-order valence-corrected chi connectivity index (χ1v) is 7.58. The van der Waals surface area contributed by atoms with Gasteiger partial charge in [0.25, 0.3) is 0 Å². The van der Waals surface area contributed by atoms with E-state index >= 15 is 0 Å². The van der Waals surface area contributed by atoms with Crippen molar-refractivity contribution in [3.8, 4) is 16.9 Å². The Labute approximate surface area is 131 Å². The first kappa shape index (κ1) is 14.4. The van der Waals surface area contributed by atoms with Crippen LogP contribution in [0.1, 0.15) is 12.0 Å². The van der Waals surface area contributed by atoms with Gasteiger partial charge in [0.15, 0.2) is 0 Å². The molecule has 3 aromatic carbocycles. The molecule has 0 fully saturated rings. The van der Waals surface area contributed by atoms with Crippen LogP contribution in [-0.2, 0) is 6.42 Å². The van der Waals surface area contributed by atoms with Crippen LogP contribution in [0.4, 0.5) is 0 Å². The van der Waals surface area contributed by atoms with Gasteiger partial charge >= 0.3 is 0 Å². The molecule has 0 heterocycles. The van der Waals surface area contributed by atoms with Gasteiger partial charge in [-0.2, -0.15) is 0 Å². The van der Waals surface area contributed by atoms with Gasteiger partial charge in [0.1, 0.15) is 5.75 Å². The summed E-state index contributed by atoms with van der Waals surface area (Å²) in [5, 5.41) is 2.43. The molecule has 0 saturated heterocycles. The molecule has 1 heteroatoms. The van der Waals surface area contributed by atoms with Gasteiger partial charge in [-0.15, -0.1) is 6.58 Å². The Morgan fingerprint density at radius 2 is 1.55 bits per heavy atom. The Morgan fingerprint density at radius 1 is 0.864 bits per heavy atom. The molecular formula is C21H20O. The summed E-state index contributed by atoms with van der Waals surface area (Å²) in [6.07, 6.45) is 4.05. The molecule has 0 aromatic heterocycles. The smallest absolute Gasteiger partial charge is 0.119 e. The van der Waals surface area contributed by atoms with Gasteiger partial charge in [0.05, 0.1) is 7.11 Å². The molecule has 0 unspecified atom stereocenters. The van der Waals surface area contributed by atoms with E-state index in [-0.39, 0.29) is 0 Å². The van der Waals surface area contributed by atoms with Crippen LogP contribution in [0, 0.1) is 0 Å². The summed E-state index contributed by atoms with van der Waals surface area (Å²) < 4.78 is 5.28. The average molecular weight is 288 g/mol. The Bertz CT molecular complexity index is 785. The van der Waals surface area contributed by atoms with Gasteiger partial charge in [0.2, 0.25) is 0 Å². The molecule has 0 saturated carbocycles. The highest BCUT2D eigenvalue weighted by atomic mass is 16.5. The second-order valence-electron chi connectivity index (χ2n) is 5.45. The summed E-state index contributed by atoms with van der Waals surface area (Å²) >= 11 is 0. The van der Waals surface area contributed by atoms with Crippen molar-refractivity contribution in [2.75, 3.05) is 7.11 Å². The van der Waals surface area contributed by atoms with E-state index < -0.39 is 0 Å². The molecule has 0 atom stereocenters. The third-order valence-corrected chi connectivity index (χ3v) is 3.97.